The molecule has 0 aromatic heterocycles. The zero-order valence-corrected chi connectivity index (χ0v) is 12.0. The Hall–Kier alpha value is -1.39. The summed E-state index contributed by atoms with van der Waals surface area (Å²) in [5.74, 6) is 0.00814. The molecule has 19 heavy (non-hydrogen) atoms. The zero-order chi connectivity index (χ0) is 14.1. The lowest BCUT2D eigenvalue weighted by Gasteiger charge is -2.13. The summed E-state index contributed by atoms with van der Waals surface area (Å²) in [4.78, 5) is 11.6. The quantitative estimate of drug-likeness (QED) is 0.695. The summed E-state index contributed by atoms with van der Waals surface area (Å²) in [5, 5.41) is 6.01. The molecule has 1 rings (SSSR count). The van der Waals surface area contributed by atoms with E-state index in [1.165, 1.54) is 11.1 Å². The molecule has 0 radical (unpaired) electrons. The molecular weight excluding hydrogens is 240 g/mol. The molecule has 0 fully saturated rings. The summed E-state index contributed by atoms with van der Waals surface area (Å²) < 4.78 is 4.96. The van der Waals surface area contributed by atoms with E-state index in [2.05, 4.69) is 41.8 Å². The van der Waals surface area contributed by atoms with Gasteiger partial charge in [-0.05, 0) is 32.4 Å². The van der Waals surface area contributed by atoms with Crippen LogP contribution in [0.2, 0.25) is 0 Å². The Labute approximate surface area is 115 Å². The number of carbonyl (C=O) groups is 1. The summed E-state index contributed by atoms with van der Waals surface area (Å²) in [6.07, 6.45) is 0.933. The van der Waals surface area contributed by atoms with Gasteiger partial charge >= 0.3 is 0 Å². The molecule has 0 spiro atoms. The molecule has 4 nitrogen and oxygen atoms in total. The number of nitrogens with one attached hydrogen (secondary N) is 2. The topological polar surface area (TPSA) is 50.4 Å². The van der Waals surface area contributed by atoms with Gasteiger partial charge in [0, 0.05) is 13.2 Å². The van der Waals surface area contributed by atoms with Gasteiger partial charge in [-0.15, -0.1) is 0 Å². The molecule has 1 aromatic rings. The van der Waals surface area contributed by atoms with Crippen LogP contribution >= 0.6 is 0 Å². The molecule has 1 aromatic carbocycles. The Balaban J connectivity index is 2.15. The molecule has 0 aliphatic rings. The second kappa shape index (κ2) is 8.67. The van der Waals surface area contributed by atoms with Gasteiger partial charge in [-0.1, -0.05) is 29.8 Å². The minimum Gasteiger partial charge on any atom is -0.383 e. The molecule has 0 saturated carbocycles. The van der Waals surface area contributed by atoms with Crippen LogP contribution in [0, 0.1) is 6.92 Å². The highest BCUT2D eigenvalue weighted by Gasteiger charge is 2.05. The van der Waals surface area contributed by atoms with Gasteiger partial charge in [0.15, 0.2) is 0 Å². The van der Waals surface area contributed by atoms with E-state index in [1.807, 2.05) is 6.92 Å². The van der Waals surface area contributed by atoms with Crippen LogP contribution < -0.4 is 10.6 Å². The van der Waals surface area contributed by atoms with Crippen molar-refractivity contribution >= 4 is 5.91 Å². The molecule has 0 aliphatic carbocycles. The van der Waals surface area contributed by atoms with E-state index in [4.69, 9.17) is 4.74 Å². The number of rotatable bonds is 8. The lowest BCUT2D eigenvalue weighted by molar-refractivity contribution is -0.121. The highest BCUT2D eigenvalue weighted by atomic mass is 16.5. The average molecular weight is 264 g/mol. The van der Waals surface area contributed by atoms with E-state index in [0.29, 0.717) is 13.2 Å². The van der Waals surface area contributed by atoms with Gasteiger partial charge in [-0.3, -0.25) is 4.79 Å². The fourth-order valence-corrected chi connectivity index (χ4v) is 1.92. The third-order valence-corrected chi connectivity index (χ3v) is 2.78. The average Bonchev–Trinajstić information content (AvgIpc) is 2.35. The van der Waals surface area contributed by atoms with E-state index in [9.17, 15) is 4.79 Å². The minimum atomic E-state index is 0.00814. The number of amides is 1. The first-order valence-corrected chi connectivity index (χ1v) is 6.66. The SMILES string of the molecule is COCC(C)NC(=O)CNCCc1cccc(C)c1. The van der Waals surface area contributed by atoms with Gasteiger partial charge in [-0.25, -0.2) is 0 Å². The fourth-order valence-electron chi connectivity index (χ4n) is 1.92. The maximum atomic E-state index is 11.6. The smallest absolute Gasteiger partial charge is 0.234 e. The van der Waals surface area contributed by atoms with Crippen molar-refractivity contribution < 1.29 is 9.53 Å². The first-order valence-electron chi connectivity index (χ1n) is 6.66. The molecule has 1 amide bonds. The molecule has 0 heterocycles. The molecule has 2 N–H and O–H groups in total. The van der Waals surface area contributed by atoms with E-state index in [-0.39, 0.29) is 11.9 Å². The van der Waals surface area contributed by atoms with Crippen molar-refractivity contribution in [1.29, 1.82) is 0 Å². The normalized spacial score (nSPS) is 12.2. The van der Waals surface area contributed by atoms with Gasteiger partial charge in [0.25, 0.3) is 0 Å². The lowest BCUT2D eigenvalue weighted by Crippen LogP contribution is -2.41. The fraction of sp³-hybridized carbons (Fsp3) is 0.533. The minimum absolute atomic E-state index is 0.00814. The van der Waals surface area contributed by atoms with Crippen molar-refractivity contribution in [3.05, 3.63) is 35.4 Å². The summed E-state index contributed by atoms with van der Waals surface area (Å²) in [7, 11) is 1.63. The van der Waals surface area contributed by atoms with Crippen molar-refractivity contribution in [2.24, 2.45) is 0 Å². The highest BCUT2D eigenvalue weighted by Crippen LogP contribution is 2.03. The van der Waals surface area contributed by atoms with Crippen LogP contribution in [0.1, 0.15) is 18.1 Å². The largest absolute Gasteiger partial charge is 0.383 e. The maximum absolute atomic E-state index is 11.6. The first kappa shape index (κ1) is 15.7. The molecule has 1 unspecified atom stereocenters. The second-order valence-corrected chi connectivity index (χ2v) is 4.84. The highest BCUT2D eigenvalue weighted by molar-refractivity contribution is 5.78. The standard InChI is InChI=1S/C15H24N2O2/c1-12-5-4-6-14(9-12)7-8-16-10-15(18)17-13(2)11-19-3/h4-6,9,13,16H,7-8,10-11H2,1-3H3,(H,17,18). The number of hydrogen-bond acceptors (Lipinski definition) is 3. The Morgan fingerprint density at radius 2 is 2.21 bits per heavy atom. The van der Waals surface area contributed by atoms with Crippen molar-refractivity contribution in [1.82, 2.24) is 10.6 Å². The maximum Gasteiger partial charge on any atom is 0.234 e. The van der Waals surface area contributed by atoms with Crippen molar-refractivity contribution in [2.75, 3.05) is 26.8 Å². The van der Waals surface area contributed by atoms with Crippen molar-refractivity contribution in [2.45, 2.75) is 26.3 Å². The van der Waals surface area contributed by atoms with E-state index < -0.39 is 0 Å². The Morgan fingerprint density at radius 1 is 1.42 bits per heavy atom. The van der Waals surface area contributed by atoms with Crippen LogP contribution in [-0.2, 0) is 16.0 Å². The first-order chi connectivity index (χ1) is 9.11. The number of methoxy groups -OCH3 is 1. The van der Waals surface area contributed by atoms with Gasteiger partial charge in [0.1, 0.15) is 0 Å². The molecule has 0 saturated heterocycles. The summed E-state index contributed by atoms with van der Waals surface area (Å²) >= 11 is 0. The van der Waals surface area contributed by atoms with E-state index >= 15 is 0 Å². The summed E-state index contributed by atoms with van der Waals surface area (Å²) in [6.45, 7) is 5.69. The van der Waals surface area contributed by atoms with Crippen molar-refractivity contribution in [3.63, 3.8) is 0 Å². The Kier molecular flexibility index (Phi) is 7.15. The third-order valence-electron chi connectivity index (χ3n) is 2.78. The number of carbonyl (C=O) groups excluding carboxylic acids is 1. The Morgan fingerprint density at radius 3 is 2.89 bits per heavy atom. The molecular formula is C15H24N2O2. The Bertz CT molecular complexity index is 393. The van der Waals surface area contributed by atoms with Crippen LogP contribution in [0.25, 0.3) is 0 Å². The van der Waals surface area contributed by atoms with Crippen LogP contribution in [0.3, 0.4) is 0 Å². The van der Waals surface area contributed by atoms with E-state index in [1.54, 1.807) is 7.11 Å². The lowest BCUT2D eigenvalue weighted by atomic mass is 10.1. The van der Waals surface area contributed by atoms with Crippen molar-refractivity contribution in [3.8, 4) is 0 Å². The van der Waals surface area contributed by atoms with Crippen LogP contribution in [0.5, 0.6) is 0 Å². The van der Waals surface area contributed by atoms with Gasteiger partial charge in [-0.2, -0.15) is 0 Å². The third kappa shape index (κ3) is 6.94. The van der Waals surface area contributed by atoms with Crippen LogP contribution in [0.15, 0.2) is 24.3 Å². The number of hydrogen-bond donors (Lipinski definition) is 2. The molecule has 4 heteroatoms. The number of ether oxygens (including phenoxy) is 1. The van der Waals surface area contributed by atoms with Crippen LogP contribution in [-0.4, -0.2) is 38.8 Å². The van der Waals surface area contributed by atoms with Gasteiger partial charge < -0.3 is 15.4 Å². The summed E-state index contributed by atoms with van der Waals surface area (Å²) in [6, 6.07) is 8.47. The molecule has 0 aliphatic heterocycles. The zero-order valence-electron chi connectivity index (χ0n) is 12.0. The predicted molar refractivity (Wildman–Crippen MR) is 77.2 cm³/mol. The molecule has 0 bridgehead atoms. The predicted octanol–water partition coefficient (Wildman–Crippen LogP) is 1.28. The molecule has 106 valence electrons. The number of benzene rings is 1. The van der Waals surface area contributed by atoms with Crippen LogP contribution in [0.4, 0.5) is 0 Å². The monoisotopic (exact) mass is 264 g/mol. The van der Waals surface area contributed by atoms with E-state index in [0.717, 1.165) is 13.0 Å². The van der Waals surface area contributed by atoms with Gasteiger partial charge in [0.2, 0.25) is 5.91 Å². The van der Waals surface area contributed by atoms with Gasteiger partial charge in [0.05, 0.1) is 13.2 Å². The summed E-state index contributed by atoms with van der Waals surface area (Å²) in [5.41, 5.74) is 2.56. The number of aryl methyl sites for hydroxylation is 1. The molecule has 1 atom stereocenters. The second-order valence-electron chi connectivity index (χ2n) is 4.84.